The molecule has 83 heavy (non-hydrogen) atoms. The van der Waals surface area contributed by atoms with E-state index in [0.717, 1.165) is 152 Å². The van der Waals surface area contributed by atoms with Crippen molar-refractivity contribution < 1.29 is 57.8 Å². The number of rotatable bonds is 13. The molecule has 24 heteroatoms. The Morgan fingerprint density at radius 2 is 0.867 bits per heavy atom. The fraction of sp³-hybridized carbons (Fsp3) is 0.644. The smallest absolute Gasteiger partial charge is 0.437 e. The lowest BCUT2D eigenvalue weighted by Gasteiger charge is -2.36. The number of nitro benzene ring substituents is 2. The Bertz CT molecular complexity index is 2540. The van der Waals surface area contributed by atoms with Crippen molar-refractivity contribution in [3.8, 4) is 17.2 Å². The summed E-state index contributed by atoms with van der Waals surface area (Å²) in [6.45, 7) is 23.9. The van der Waals surface area contributed by atoms with Crippen LogP contribution in [0.25, 0.3) is 0 Å². The van der Waals surface area contributed by atoms with Crippen LogP contribution in [0.1, 0.15) is 139 Å². The van der Waals surface area contributed by atoms with E-state index >= 15 is 0 Å². The number of aliphatic hydroxyl groups excluding tert-OH is 1. The molecule has 23 nitrogen and oxygen atoms in total. The number of benzene rings is 3. The molecule has 3 aliphatic heterocycles. The number of halogens is 1. The molecule has 3 aliphatic carbocycles. The highest BCUT2D eigenvalue weighted by atomic mass is 79.9. The molecule has 0 radical (unpaired) electrons. The van der Waals surface area contributed by atoms with E-state index in [2.05, 4.69) is 86.8 Å². The Balaban J connectivity index is 0.000000210. The number of aliphatic hydroxyl groups is 1. The quantitative estimate of drug-likeness (QED) is 0.0358. The van der Waals surface area contributed by atoms with Gasteiger partial charge in [0.2, 0.25) is 0 Å². The molecule has 6 fully saturated rings. The zero-order valence-electron chi connectivity index (χ0n) is 49.8. The average molecular weight is 1230 g/mol. The first-order valence-electron chi connectivity index (χ1n) is 29.5. The molecule has 462 valence electrons. The summed E-state index contributed by atoms with van der Waals surface area (Å²) in [5.41, 5.74) is 11.3. The van der Waals surface area contributed by atoms with E-state index in [0.29, 0.717) is 27.5 Å². The second kappa shape index (κ2) is 35.3. The van der Waals surface area contributed by atoms with Gasteiger partial charge in [-0.05, 0) is 123 Å². The van der Waals surface area contributed by atoms with Gasteiger partial charge in [-0.1, -0.05) is 59.3 Å². The average Bonchev–Trinajstić information content (AvgIpc) is 4.54. The molecule has 0 bridgehead atoms. The number of nitro groups is 2. The van der Waals surface area contributed by atoms with Crippen molar-refractivity contribution in [2.24, 2.45) is 0 Å². The Morgan fingerprint density at radius 3 is 1.22 bits per heavy atom. The number of carbonyl (C=O) groups is 3. The molecule has 0 unspecified atom stereocenters. The van der Waals surface area contributed by atoms with Crippen molar-refractivity contribution in [3.05, 3.63) is 77.8 Å². The number of likely N-dealkylation sites (N-methyl/N-ethyl adjacent to an activating group) is 3. The number of nitrogens with zero attached hydrogens (tertiary/aromatic N) is 7. The molecular weight excluding hydrogens is 1140 g/mol. The second-order valence-corrected chi connectivity index (χ2v) is 22.0. The van der Waals surface area contributed by atoms with E-state index in [1.165, 1.54) is 79.0 Å². The number of anilines is 3. The summed E-state index contributed by atoms with van der Waals surface area (Å²) >= 11 is 3.20. The normalized spacial score (nSPS) is 17.9. The zero-order chi connectivity index (χ0) is 60.4. The van der Waals surface area contributed by atoms with Gasteiger partial charge in [0.25, 0.3) is 11.4 Å². The molecule has 0 spiro atoms. The number of methoxy groups -OCH3 is 3. The minimum Gasteiger partial charge on any atom is -0.437 e. The maximum Gasteiger partial charge on any atom is 0.513 e. The zero-order valence-corrected chi connectivity index (χ0v) is 51.4. The molecule has 6 aliphatic rings. The van der Waals surface area contributed by atoms with Gasteiger partial charge in [-0.2, -0.15) is 0 Å². The number of nitrogens with two attached hydrogens (primary N) is 1. The van der Waals surface area contributed by atoms with Crippen molar-refractivity contribution in [1.82, 2.24) is 20.0 Å². The molecule has 0 amide bonds. The molecular formula is C59H90BrN9O14. The fourth-order valence-electron chi connectivity index (χ4n) is 11.5. The molecule has 3 saturated carbocycles. The van der Waals surface area contributed by atoms with Crippen LogP contribution < -0.4 is 35.1 Å². The minimum atomic E-state index is -0.874. The maximum atomic E-state index is 11.7. The summed E-state index contributed by atoms with van der Waals surface area (Å²) < 4.78 is 29.9. The SMILES string of the molecule is CCN1CCN(c2cc(C3CCCC3)c(OC(=O)OC)cc2N)CC1.CCN1CCN(c2cc(C3CCCC3)c(OC(=O)OC)cc2[N+](=O)[O-])CC1.CCN1CCNCC1.CCO.COC(=O)Oc1cc([N+](=O)[O-])c(Br)cc1C1CCCC1. The van der Waals surface area contributed by atoms with Crippen molar-refractivity contribution in [2.45, 2.75) is 122 Å². The predicted octanol–water partition coefficient (Wildman–Crippen LogP) is 10.8. The molecule has 0 atom stereocenters. The summed E-state index contributed by atoms with van der Waals surface area (Å²) in [6, 6.07) is 10.2. The molecule has 3 saturated heterocycles. The van der Waals surface area contributed by atoms with Crippen molar-refractivity contribution in [1.29, 1.82) is 0 Å². The summed E-state index contributed by atoms with van der Waals surface area (Å²) in [5, 5.41) is 33.6. The molecule has 3 aromatic carbocycles. The van der Waals surface area contributed by atoms with Gasteiger partial charge in [0.05, 0.1) is 59.2 Å². The van der Waals surface area contributed by atoms with E-state index in [1.807, 2.05) is 6.07 Å². The number of carbonyl (C=O) groups excluding carboxylic acids is 3. The van der Waals surface area contributed by atoms with Gasteiger partial charge in [0.15, 0.2) is 0 Å². The third-order valence-corrected chi connectivity index (χ3v) is 16.8. The first-order chi connectivity index (χ1) is 40.0. The highest BCUT2D eigenvalue weighted by molar-refractivity contribution is 9.10. The summed E-state index contributed by atoms with van der Waals surface area (Å²) in [7, 11) is 3.75. The Hall–Kier alpha value is -6.05. The molecule has 9 rings (SSSR count). The third-order valence-electron chi connectivity index (χ3n) is 16.2. The van der Waals surface area contributed by atoms with Gasteiger partial charge < -0.3 is 69.1 Å². The lowest BCUT2D eigenvalue weighted by atomic mass is 9.95. The van der Waals surface area contributed by atoms with Crippen molar-refractivity contribution in [2.75, 3.05) is 142 Å². The van der Waals surface area contributed by atoms with Crippen LogP contribution in [0.5, 0.6) is 17.2 Å². The van der Waals surface area contributed by atoms with Gasteiger partial charge in [-0.15, -0.1) is 0 Å². The number of nitrogen functional groups attached to an aromatic ring is 1. The Morgan fingerprint density at radius 1 is 0.542 bits per heavy atom. The van der Waals surface area contributed by atoms with Crippen LogP contribution in [0.4, 0.5) is 42.8 Å². The Labute approximate surface area is 497 Å². The summed E-state index contributed by atoms with van der Waals surface area (Å²) in [5.74, 6) is 1.94. The standard InChI is InChI=1S/C19H27N3O5.C19H29N3O3.C13H14BrNO5.C6H14N2.C2H6O/c1-3-20-8-10-21(11-9-20)16-12-15(14-6-4-5-7-14)18(27-19(23)26-2)13-17(16)22(24)25;1-3-21-8-10-22(11-9-21)17-12-15(14-6-4-5-7-14)18(13-16(17)20)25-19(23)24-2;1-19-13(16)20-12-7-11(15(17)18)10(14)6-9(12)8-4-2-3-5-8;1-2-8-5-3-7-4-6-8;1-2-3/h12-14H,3-11H2,1-2H3;12-14H,3-11,20H2,1-2H3;6-8H,2-5H2,1H3;7H,2-6H2,1H3;3H,2H2,1H3. The molecule has 3 aromatic rings. The van der Waals surface area contributed by atoms with Crippen molar-refractivity contribution >= 4 is 62.8 Å². The lowest BCUT2D eigenvalue weighted by molar-refractivity contribution is -0.385. The fourth-order valence-corrected chi connectivity index (χ4v) is 12.0. The second-order valence-electron chi connectivity index (χ2n) is 21.1. The summed E-state index contributed by atoms with van der Waals surface area (Å²) in [6.07, 6.45) is 10.7. The molecule has 4 N–H and O–H groups in total. The largest absolute Gasteiger partial charge is 0.513 e. The topological polar surface area (TPSA) is 267 Å². The van der Waals surface area contributed by atoms with Crippen LogP contribution in [-0.4, -0.2) is 174 Å². The molecule has 3 heterocycles. The van der Waals surface area contributed by atoms with Crippen LogP contribution in [-0.2, 0) is 14.2 Å². The third kappa shape index (κ3) is 20.3. The van der Waals surface area contributed by atoms with Gasteiger partial charge in [0.1, 0.15) is 22.9 Å². The lowest BCUT2D eigenvalue weighted by Crippen LogP contribution is -2.46. The number of piperazine rings is 3. The van der Waals surface area contributed by atoms with Crippen LogP contribution in [0.15, 0.2) is 40.9 Å². The van der Waals surface area contributed by atoms with Gasteiger partial charge in [-0.25, -0.2) is 14.4 Å². The van der Waals surface area contributed by atoms with E-state index in [-0.39, 0.29) is 41.3 Å². The maximum absolute atomic E-state index is 11.7. The van der Waals surface area contributed by atoms with E-state index in [9.17, 15) is 34.6 Å². The van der Waals surface area contributed by atoms with E-state index < -0.39 is 28.3 Å². The van der Waals surface area contributed by atoms with Crippen LogP contribution in [0.2, 0.25) is 0 Å². The van der Waals surface area contributed by atoms with E-state index in [1.54, 1.807) is 19.1 Å². The molecule has 0 aromatic heterocycles. The monoisotopic (exact) mass is 1230 g/mol. The van der Waals surface area contributed by atoms with Crippen molar-refractivity contribution in [3.63, 3.8) is 0 Å². The minimum absolute atomic E-state index is 0.0272. The van der Waals surface area contributed by atoms with Gasteiger partial charge in [0, 0.05) is 102 Å². The van der Waals surface area contributed by atoms with Crippen LogP contribution in [0.3, 0.4) is 0 Å². The van der Waals surface area contributed by atoms with Gasteiger partial charge in [-0.3, -0.25) is 20.2 Å². The predicted molar refractivity (Wildman–Crippen MR) is 324 cm³/mol. The highest BCUT2D eigenvalue weighted by Gasteiger charge is 2.32. The highest BCUT2D eigenvalue weighted by Crippen LogP contribution is 2.46. The number of nitrogens with one attached hydrogen (secondary N) is 1. The van der Waals surface area contributed by atoms with Crippen LogP contribution >= 0.6 is 15.9 Å². The Kier molecular flexibility index (Phi) is 28.8. The van der Waals surface area contributed by atoms with Crippen LogP contribution in [0, 0.1) is 20.2 Å². The summed E-state index contributed by atoms with van der Waals surface area (Å²) in [4.78, 5) is 68.0. The number of hydrogen-bond donors (Lipinski definition) is 3. The number of hydrogen-bond acceptors (Lipinski definition) is 21. The van der Waals surface area contributed by atoms with Gasteiger partial charge >= 0.3 is 18.5 Å². The number of ether oxygens (including phenoxy) is 6. The van der Waals surface area contributed by atoms with E-state index in [4.69, 9.17) is 25.1 Å². The first-order valence-corrected chi connectivity index (χ1v) is 30.3. The first kappa shape index (κ1) is 67.7.